The molecule has 1 amide bonds. The molecule has 138 valence electrons. The van der Waals surface area contributed by atoms with Crippen LogP contribution in [0, 0.1) is 0 Å². The number of sulfone groups is 1. The van der Waals surface area contributed by atoms with Crippen LogP contribution in [0.2, 0.25) is 0 Å². The van der Waals surface area contributed by atoms with Gasteiger partial charge in [-0.25, -0.2) is 8.42 Å². The average molecular weight is 367 g/mol. The van der Waals surface area contributed by atoms with E-state index in [1.54, 1.807) is 26.0 Å². The van der Waals surface area contributed by atoms with Gasteiger partial charge in [-0.05, 0) is 62.8 Å². The highest BCUT2D eigenvalue weighted by Crippen LogP contribution is 2.25. The molecule has 0 spiro atoms. The molecule has 0 aliphatic heterocycles. The molecule has 0 atom stereocenters. The summed E-state index contributed by atoms with van der Waals surface area (Å²) in [5.41, 5.74) is 1.60. The number of amides is 1. The number of fused-ring (bicyclic) bond motifs is 1. The van der Waals surface area contributed by atoms with Crippen LogP contribution in [0.25, 0.3) is 0 Å². The van der Waals surface area contributed by atoms with Gasteiger partial charge < -0.3 is 10.4 Å². The van der Waals surface area contributed by atoms with E-state index in [4.69, 9.17) is 5.11 Å². The fraction of sp³-hybridized carbons (Fsp3) is 0.556. The van der Waals surface area contributed by atoms with Crippen molar-refractivity contribution in [3.05, 3.63) is 29.3 Å². The molecule has 1 aromatic carbocycles. The smallest absolute Gasteiger partial charge is 0.303 e. The van der Waals surface area contributed by atoms with Crippen molar-refractivity contribution in [2.24, 2.45) is 0 Å². The third kappa shape index (κ3) is 5.56. The Morgan fingerprint density at radius 2 is 1.84 bits per heavy atom. The van der Waals surface area contributed by atoms with Gasteiger partial charge in [0, 0.05) is 18.4 Å². The zero-order valence-electron chi connectivity index (χ0n) is 14.7. The molecule has 6 nitrogen and oxygen atoms in total. The van der Waals surface area contributed by atoms with E-state index in [0.29, 0.717) is 0 Å². The molecular weight excluding hydrogens is 342 g/mol. The number of hydrogen-bond acceptors (Lipinski definition) is 4. The first kappa shape index (κ1) is 19.4. The molecule has 0 unspecified atom stereocenters. The molecular formula is C18H25NO5S. The van der Waals surface area contributed by atoms with Gasteiger partial charge in [-0.3, -0.25) is 9.59 Å². The minimum atomic E-state index is -3.51. The Balaban J connectivity index is 1.93. The first-order valence-electron chi connectivity index (χ1n) is 8.46. The lowest BCUT2D eigenvalue weighted by Gasteiger charge is -2.25. The Bertz CT molecular complexity index is 768. The number of rotatable bonds is 8. The molecule has 7 heteroatoms. The summed E-state index contributed by atoms with van der Waals surface area (Å²) in [4.78, 5) is 22.9. The summed E-state index contributed by atoms with van der Waals surface area (Å²) in [7, 11) is -3.51. The van der Waals surface area contributed by atoms with Crippen molar-refractivity contribution in [1.82, 2.24) is 5.32 Å². The van der Waals surface area contributed by atoms with Crippen LogP contribution in [0.15, 0.2) is 23.1 Å². The monoisotopic (exact) mass is 367 g/mol. The van der Waals surface area contributed by atoms with Crippen LogP contribution in [0.5, 0.6) is 0 Å². The maximum absolute atomic E-state index is 12.5. The largest absolute Gasteiger partial charge is 0.481 e. The molecule has 0 radical (unpaired) electrons. The Morgan fingerprint density at radius 3 is 2.52 bits per heavy atom. The van der Waals surface area contributed by atoms with Crippen LogP contribution >= 0.6 is 0 Å². The molecule has 0 aromatic heterocycles. The fourth-order valence-corrected chi connectivity index (χ4v) is 4.30. The van der Waals surface area contributed by atoms with Crippen molar-refractivity contribution in [1.29, 1.82) is 0 Å². The summed E-state index contributed by atoms with van der Waals surface area (Å²) < 4.78 is 24.9. The SMILES string of the molecule is CC(C)(CCC(=O)O)NC(=O)CCS(=O)(=O)c1ccc2c(c1)CCC2. The molecule has 0 bridgehead atoms. The van der Waals surface area contributed by atoms with Crippen LogP contribution in [0.1, 0.15) is 50.7 Å². The number of carboxylic acids is 1. The third-order valence-electron chi connectivity index (χ3n) is 4.47. The highest BCUT2D eigenvalue weighted by Gasteiger charge is 2.24. The first-order valence-corrected chi connectivity index (χ1v) is 10.1. The van der Waals surface area contributed by atoms with Crippen LogP contribution in [-0.4, -0.2) is 36.7 Å². The lowest BCUT2D eigenvalue weighted by molar-refractivity contribution is -0.137. The molecule has 1 aromatic rings. The van der Waals surface area contributed by atoms with Gasteiger partial charge in [-0.15, -0.1) is 0 Å². The van der Waals surface area contributed by atoms with Gasteiger partial charge in [0.15, 0.2) is 9.84 Å². The number of benzene rings is 1. The van der Waals surface area contributed by atoms with E-state index in [2.05, 4.69) is 5.32 Å². The summed E-state index contributed by atoms with van der Waals surface area (Å²) >= 11 is 0. The van der Waals surface area contributed by atoms with E-state index >= 15 is 0 Å². The Labute approximate surface area is 148 Å². The second-order valence-electron chi connectivity index (χ2n) is 7.18. The summed E-state index contributed by atoms with van der Waals surface area (Å²) in [6.07, 6.45) is 3.02. The molecule has 1 aliphatic carbocycles. The van der Waals surface area contributed by atoms with Gasteiger partial charge >= 0.3 is 5.97 Å². The molecule has 0 saturated heterocycles. The molecule has 0 fully saturated rings. The number of aryl methyl sites for hydroxylation is 2. The number of carboxylic acid groups (broad SMARTS) is 1. The van der Waals surface area contributed by atoms with Gasteiger partial charge in [0.1, 0.15) is 0 Å². The van der Waals surface area contributed by atoms with Gasteiger partial charge in [-0.1, -0.05) is 6.07 Å². The lowest BCUT2D eigenvalue weighted by Crippen LogP contribution is -2.44. The van der Waals surface area contributed by atoms with E-state index < -0.39 is 21.3 Å². The van der Waals surface area contributed by atoms with E-state index in [-0.39, 0.29) is 35.8 Å². The Hall–Kier alpha value is -1.89. The molecule has 25 heavy (non-hydrogen) atoms. The number of carbonyl (C=O) groups excluding carboxylic acids is 1. The van der Waals surface area contributed by atoms with E-state index in [9.17, 15) is 18.0 Å². The molecule has 0 saturated carbocycles. The standard InChI is InChI=1S/C18H25NO5S/c1-18(2,10-8-17(21)22)19-16(20)9-11-25(23,24)15-7-6-13-4-3-5-14(13)12-15/h6-7,12H,3-5,8-11H2,1-2H3,(H,19,20)(H,21,22). The predicted octanol–water partition coefficient (Wildman–Crippen LogP) is 2.10. The van der Waals surface area contributed by atoms with Crippen LogP contribution in [-0.2, 0) is 32.3 Å². The first-order chi connectivity index (χ1) is 11.6. The highest BCUT2D eigenvalue weighted by atomic mass is 32.2. The molecule has 2 N–H and O–H groups in total. The lowest BCUT2D eigenvalue weighted by atomic mass is 9.98. The summed E-state index contributed by atoms with van der Waals surface area (Å²) in [6, 6.07) is 5.21. The van der Waals surface area contributed by atoms with Crippen molar-refractivity contribution in [3.63, 3.8) is 0 Å². The minimum absolute atomic E-state index is 0.0549. The van der Waals surface area contributed by atoms with Crippen LogP contribution < -0.4 is 5.32 Å². The number of carbonyl (C=O) groups is 2. The van der Waals surface area contributed by atoms with Crippen LogP contribution in [0.3, 0.4) is 0 Å². The Morgan fingerprint density at radius 1 is 1.16 bits per heavy atom. The summed E-state index contributed by atoms with van der Waals surface area (Å²) in [5.74, 6) is -1.58. The minimum Gasteiger partial charge on any atom is -0.481 e. The highest BCUT2D eigenvalue weighted by molar-refractivity contribution is 7.91. The molecule has 1 aliphatic rings. The number of nitrogens with one attached hydrogen (secondary N) is 1. The quantitative estimate of drug-likeness (QED) is 0.733. The van der Waals surface area contributed by atoms with E-state index in [0.717, 1.165) is 24.8 Å². The molecule has 0 heterocycles. The number of hydrogen-bond donors (Lipinski definition) is 2. The second kappa shape index (κ2) is 7.56. The summed E-state index contributed by atoms with van der Waals surface area (Å²) in [6.45, 7) is 3.45. The van der Waals surface area contributed by atoms with Crippen molar-refractivity contribution in [3.8, 4) is 0 Å². The zero-order valence-corrected chi connectivity index (χ0v) is 15.5. The van der Waals surface area contributed by atoms with Crippen molar-refractivity contribution < 1.29 is 23.1 Å². The predicted molar refractivity (Wildman–Crippen MR) is 94.2 cm³/mol. The van der Waals surface area contributed by atoms with Crippen molar-refractivity contribution in [2.75, 3.05) is 5.75 Å². The topological polar surface area (TPSA) is 101 Å². The van der Waals surface area contributed by atoms with Gasteiger partial charge in [-0.2, -0.15) is 0 Å². The van der Waals surface area contributed by atoms with E-state index in [1.165, 1.54) is 5.56 Å². The van der Waals surface area contributed by atoms with Gasteiger partial charge in [0.05, 0.1) is 10.6 Å². The normalized spacial score (nSPS) is 14.2. The Kier molecular flexibility index (Phi) is 5.87. The van der Waals surface area contributed by atoms with Crippen molar-refractivity contribution >= 4 is 21.7 Å². The third-order valence-corrected chi connectivity index (χ3v) is 6.18. The second-order valence-corrected chi connectivity index (χ2v) is 9.29. The van der Waals surface area contributed by atoms with Gasteiger partial charge in [0.2, 0.25) is 5.91 Å². The van der Waals surface area contributed by atoms with Crippen LogP contribution in [0.4, 0.5) is 0 Å². The van der Waals surface area contributed by atoms with E-state index in [1.807, 2.05) is 6.07 Å². The summed E-state index contributed by atoms with van der Waals surface area (Å²) in [5, 5.41) is 11.4. The van der Waals surface area contributed by atoms with Crippen molar-refractivity contribution in [2.45, 2.75) is 62.8 Å². The maximum Gasteiger partial charge on any atom is 0.303 e. The maximum atomic E-state index is 12.5. The average Bonchev–Trinajstić information content (AvgIpc) is 2.98. The molecule has 2 rings (SSSR count). The number of aliphatic carboxylic acids is 1. The zero-order chi connectivity index (χ0) is 18.7. The fourth-order valence-electron chi connectivity index (χ4n) is 3.01. The van der Waals surface area contributed by atoms with Gasteiger partial charge in [0.25, 0.3) is 0 Å².